The Hall–Kier alpha value is -1.24. The monoisotopic (exact) mass is 358 g/mol. The maximum Gasteiger partial charge on any atom is 0.141 e. The van der Waals surface area contributed by atoms with E-state index in [1.165, 1.54) is 65.0 Å². The molecule has 2 aromatic heterocycles. The number of rotatable bonds is 4. The third kappa shape index (κ3) is 2.66. The molecule has 2 aliphatic heterocycles. The molecule has 0 amide bonds. The summed E-state index contributed by atoms with van der Waals surface area (Å²) in [4.78, 5) is 17.1. The molecule has 2 atom stereocenters. The van der Waals surface area contributed by atoms with Crippen LogP contribution in [0.25, 0.3) is 10.2 Å². The van der Waals surface area contributed by atoms with Crippen LogP contribution in [0.1, 0.15) is 42.5 Å². The Labute approximate surface area is 152 Å². The summed E-state index contributed by atoms with van der Waals surface area (Å²) in [5.41, 5.74) is 1.52. The fourth-order valence-electron chi connectivity index (χ4n) is 5.05. The van der Waals surface area contributed by atoms with Crippen LogP contribution < -0.4 is 4.90 Å². The average molecular weight is 359 g/mol. The molecule has 2 fully saturated rings. The van der Waals surface area contributed by atoms with Crippen molar-refractivity contribution in [1.29, 1.82) is 0 Å². The molecule has 5 rings (SSSR count). The molecule has 0 aromatic carbocycles. The Morgan fingerprint density at radius 3 is 2.88 bits per heavy atom. The molecule has 1 aliphatic carbocycles. The summed E-state index contributed by atoms with van der Waals surface area (Å²) in [6.07, 6.45) is 10.3. The quantitative estimate of drug-likeness (QED) is 0.910. The molecule has 6 heteroatoms. The fraction of sp³-hybridized carbons (Fsp3) is 0.684. The Bertz CT molecular complexity index is 776. The van der Waals surface area contributed by atoms with Gasteiger partial charge in [0, 0.05) is 30.1 Å². The van der Waals surface area contributed by atoms with Crippen molar-refractivity contribution in [3.8, 4) is 0 Å². The van der Waals surface area contributed by atoms with E-state index in [1.807, 2.05) is 11.3 Å². The number of aliphatic hydroxyl groups is 1. The molecule has 3 aliphatic rings. The minimum atomic E-state index is 0.294. The predicted octanol–water partition coefficient (Wildman–Crippen LogP) is 2.61. The fourth-order valence-corrected chi connectivity index (χ4v) is 6.27. The van der Waals surface area contributed by atoms with Crippen LogP contribution in [0.5, 0.6) is 0 Å². The van der Waals surface area contributed by atoms with Crippen LogP contribution in [-0.4, -0.2) is 58.3 Å². The number of hydrogen-bond donors (Lipinski definition) is 1. The van der Waals surface area contributed by atoms with Gasteiger partial charge < -0.3 is 10.0 Å². The number of thiophene rings is 1. The number of fused-ring (bicyclic) bond motifs is 3. The zero-order chi connectivity index (χ0) is 16.8. The first-order valence-corrected chi connectivity index (χ1v) is 10.5. The summed E-state index contributed by atoms with van der Waals surface area (Å²) >= 11 is 1.88. The zero-order valence-electron chi connectivity index (χ0n) is 14.7. The number of aryl methyl sites for hydroxylation is 2. The van der Waals surface area contributed by atoms with E-state index in [-0.39, 0.29) is 0 Å². The van der Waals surface area contributed by atoms with Gasteiger partial charge in [-0.15, -0.1) is 11.3 Å². The highest BCUT2D eigenvalue weighted by atomic mass is 32.1. The minimum absolute atomic E-state index is 0.294. The summed E-state index contributed by atoms with van der Waals surface area (Å²) < 4.78 is 0. The van der Waals surface area contributed by atoms with Crippen LogP contribution in [0.15, 0.2) is 6.33 Å². The lowest BCUT2D eigenvalue weighted by Crippen LogP contribution is -2.43. The molecule has 25 heavy (non-hydrogen) atoms. The van der Waals surface area contributed by atoms with Gasteiger partial charge in [0.25, 0.3) is 0 Å². The highest BCUT2D eigenvalue weighted by Gasteiger charge is 2.33. The zero-order valence-corrected chi connectivity index (χ0v) is 15.5. The van der Waals surface area contributed by atoms with Gasteiger partial charge >= 0.3 is 0 Å². The van der Waals surface area contributed by atoms with Crippen LogP contribution in [0, 0.1) is 0 Å². The molecule has 0 bridgehead atoms. The van der Waals surface area contributed by atoms with Crippen molar-refractivity contribution in [2.75, 3.05) is 31.1 Å². The summed E-state index contributed by atoms with van der Waals surface area (Å²) in [6.45, 7) is 3.58. The number of aromatic nitrogens is 2. The Morgan fingerprint density at radius 2 is 1.96 bits per heavy atom. The second kappa shape index (κ2) is 6.49. The highest BCUT2D eigenvalue weighted by Crippen LogP contribution is 2.41. The summed E-state index contributed by atoms with van der Waals surface area (Å²) in [6, 6.07) is 0.875. The highest BCUT2D eigenvalue weighted by molar-refractivity contribution is 7.19. The second-order valence-electron chi connectivity index (χ2n) is 7.70. The maximum atomic E-state index is 9.64. The van der Waals surface area contributed by atoms with Gasteiger partial charge in [-0.1, -0.05) is 0 Å². The van der Waals surface area contributed by atoms with E-state index in [2.05, 4.69) is 14.8 Å². The smallest absolute Gasteiger partial charge is 0.141 e. The Morgan fingerprint density at radius 1 is 1.08 bits per heavy atom. The van der Waals surface area contributed by atoms with Gasteiger partial charge in [0.05, 0.1) is 12.0 Å². The molecule has 2 saturated heterocycles. The van der Waals surface area contributed by atoms with Crippen molar-refractivity contribution in [2.45, 2.75) is 57.0 Å². The van der Waals surface area contributed by atoms with Crippen LogP contribution in [0.2, 0.25) is 0 Å². The van der Waals surface area contributed by atoms with Gasteiger partial charge in [-0.05, 0) is 57.1 Å². The number of likely N-dealkylation sites (tertiary alicyclic amines) is 1. The number of hydrogen-bond acceptors (Lipinski definition) is 6. The van der Waals surface area contributed by atoms with Crippen LogP contribution >= 0.6 is 11.3 Å². The van der Waals surface area contributed by atoms with E-state index in [0.717, 1.165) is 26.1 Å². The summed E-state index contributed by atoms with van der Waals surface area (Å²) in [5.74, 6) is 1.17. The SMILES string of the molecule is OCC1CCCN1CC1CCCN1c1ncnc2sc3c(c12)CCC3. The van der Waals surface area contributed by atoms with E-state index in [4.69, 9.17) is 4.98 Å². The lowest BCUT2D eigenvalue weighted by atomic mass is 10.1. The Balaban J connectivity index is 1.47. The van der Waals surface area contributed by atoms with Gasteiger partial charge in [-0.25, -0.2) is 9.97 Å². The molecule has 1 N–H and O–H groups in total. The number of aliphatic hydroxyl groups excluding tert-OH is 1. The normalized spacial score (nSPS) is 26.8. The second-order valence-corrected chi connectivity index (χ2v) is 8.78. The van der Waals surface area contributed by atoms with E-state index < -0.39 is 0 Å². The van der Waals surface area contributed by atoms with Gasteiger partial charge in [-0.3, -0.25) is 4.90 Å². The first-order valence-electron chi connectivity index (χ1n) is 9.72. The molecule has 2 aromatic rings. The van der Waals surface area contributed by atoms with Crippen molar-refractivity contribution in [3.63, 3.8) is 0 Å². The van der Waals surface area contributed by atoms with E-state index in [1.54, 1.807) is 6.33 Å². The van der Waals surface area contributed by atoms with Crippen molar-refractivity contribution in [3.05, 3.63) is 16.8 Å². The van der Waals surface area contributed by atoms with Crippen molar-refractivity contribution < 1.29 is 5.11 Å². The summed E-state index contributed by atoms with van der Waals surface area (Å²) in [5, 5.41) is 11.0. The number of anilines is 1. The van der Waals surface area contributed by atoms with Crippen LogP contribution in [0.4, 0.5) is 5.82 Å². The first-order chi connectivity index (χ1) is 12.3. The molecule has 4 heterocycles. The predicted molar refractivity (Wildman–Crippen MR) is 101 cm³/mol. The molecule has 2 unspecified atom stereocenters. The van der Waals surface area contributed by atoms with Gasteiger partial charge in [0.1, 0.15) is 17.0 Å². The lowest BCUT2D eigenvalue weighted by Gasteiger charge is -2.32. The topological polar surface area (TPSA) is 52.5 Å². The molecule has 5 nitrogen and oxygen atoms in total. The molecular formula is C19H26N4OS. The van der Waals surface area contributed by atoms with Gasteiger partial charge in [-0.2, -0.15) is 0 Å². The lowest BCUT2D eigenvalue weighted by molar-refractivity contribution is 0.153. The molecular weight excluding hydrogens is 332 g/mol. The number of nitrogens with zero attached hydrogens (tertiary/aromatic N) is 4. The average Bonchev–Trinajstić information content (AvgIpc) is 3.38. The Kier molecular flexibility index (Phi) is 4.14. The van der Waals surface area contributed by atoms with Crippen LogP contribution in [-0.2, 0) is 12.8 Å². The largest absolute Gasteiger partial charge is 0.395 e. The molecule has 0 spiro atoms. The molecule has 0 radical (unpaired) electrons. The maximum absolute atomic E-state index is 9.64. The minimum Gasteiger partial charge on any atom is -0.395 e. The van der Waals surface area contributed by atoms with Crippen molar-refractivity contribution >= 4 is 27.4 Å². The van der Waals surface area contributed by atoms with E-state index >= 15 is 0 Å². The van der Waals surface area contributed by atoms with Gasteiger partial charge in [0.15, 0.2) is 0 Å². The standard InChI is InChI=1S/C19H26N4OS/c24-11-14-5-2-8-22(14)10-13-4-3-9-23(13)18-17-15-6-1-7-16(15)25-19(17)21-12-20-18/h12-14,24H,1-11H2. The van der Waals surface area contributed by atoms with Crippen molar-refractivity contribution in [1.82, 2.24) is 14.9 Å². The third-order valence-corrected chi connectivity index (χ3v) is 7.49. The van der Waals surface area contributed by atoms with Crippen molar-refractivity contribution in [2.24, 2.45) is 0 Å². The third-order valence-electron chi connectivity index (χ3n) is 6.29. The van der Waals surface area contributed by atoms with E-state index in [0.29, 0.717) is 18.7 Å². The molecule has 134 valence electrons. The molecule has 0 saturated carbocycles. The first kappa shape index (κ1) is 16.0. The van der Waals surface area contributed by atoms with E-state index in [9.17, 15) is 5.11 Å². The van der Waals surface area contributed by atoms with Crippen LogP contribution in [0.3, 0.4) is 0 Å². The van der Waals surface area contributed by atoms with Gasteiger partial charge in [0.2, 0.25) is 0 Å². The summed E-state index contributed by atoms with van der Waals surface area (Å²) in [7, 11) is 0.